The van der Waals surface area contributed by atoms with Gasteiger partial charge in [-0.15, -0.1) is 0 Å². The number of aliphatic hydroxyl groups excluding tert-OH is 1. The van der Waals surface area contributed by atoms with Crippen molar-refractivity contribution in [3.63, 3.8) is 0 Å². The third kappa shape index (κ3) is 5.86. The molecule has 0 unspecified atom stereocenters. The third-order valence-electron chi connectivity index (χ3n) is 4.17. The van der Waals surface area contributed by atoms with Crippen LogP contribution in [0.2, 0.25) is 10.0 Å². The number of esters is 1. The Morgan fingerprint density at radius 3 is 2.71 bits per heavy atom. The topological polar surface area (TPSA) is 55.8 Å². The third-order valence-corrected chi connectivity index (χ3v) is 4.70. The first-order valence-corrected chi connectivity index (χ1v) is 9.66. The molecule has 28 heavy (non-hydrogen) atoms. The number of hydrogen-bond acceptors (Lipinski definition) is 4. The van der Waals surface area contributed by atoms with Crippen LogP contribution in [-0.4, -0.2) is 29.9 Å². The van der Waals surface area contributed by atoms with Gasteiger partial charge in [-0.3, -0.25) is 4.79 Å². The number of halogens is 2. The van der Waals surface area contributed by atoms with E-state index in [4.69, 9.17) is 32.7 Å². The van der Waals surface area contributed by atoms with Crippen molar-refractivity contribution in [2.45, 2.75) is 25.0 Å². The van der Waals surface area contributed by atoms with E-state index in [0.717, 1.165) is 5.56 Å². The van der Waals surface area contributed by atoms with Crippen LogP contribution in [0.3, 0.4) is 0 Å². The maximum atomic E-state index is 11.5. The number of aliphatic hydroxyl groups is 1. The van der Waals surface area contributed by atoms with Crippen LogP contribution in [0.15, 0.2) is 54.6 Å². The zero-order valence-corrected chi connectivity index (χ0v) is 16.6. The average Bonchev–Trinajstić information content (AvgIpc) is 2.64. The lowest BCUT2D eigenvalue weighted by molar-refractivity contribution is -0.156. The number of cyclic esters (lactones) is 1. The fourth-order valence-electron chi connectivity index (χ4n) is 2.86. The molecular weight excluding hydrogens is 399 g/mol. The smallest absolute Gasteiger partial charge is 0.309 e. The molecule has 1 aliphatic rings. The van der Waals surface area contributed by atoms with E-state index >= 15 is 0 Å². The molecule has 0 aromatic heterocycles. The Kier molecular flexibility index (Phi) is 7.15. The van der Waals surface area contributed by atoms with Gasteiger partial charge in [0.25, 0.3) is 0 Å². The standard InChI is InChI=1S/C22H20Cl2O4/c23-16-11-20(24)19(9-8-18-13-17(25)14-22(26)28-18)21(12-16)27-10-4-7-15-5-2-1-3-6-15/h1-9,11-12,17-18,25H,10,13-14H2/b7-4+,9-8+/t17-,18-/m1/s1. The van der Waals surface area contributed by atoms with Gasteiger partial charge in [0.1, 0.15) is 18.5 Å². The van der Waals surface area contributed by atoms with Crippen molar-refractivity contribution >= 4 is 41.3 Å². The molecule has 0 amide bonds. The lowest BCUT2D eigenvalue weighted by Gasteiger charge is -2.23. The van der Waals surface area contributed by atoms with Gasteiger partial charge in [-0.1, -0.05) is 65.7 Å². The normalized spacial score (nSPS) is 19.9. The zero-order chi connectivity index (χ0) is 19.9. The fourth-order valence-corrected chi connectivity index (χ4v) is 3.40. The summed E-state index contributed by atoms with van der Waals surface area (Å²) in [7, 11) is 0. The van der Waals surface area contributed by atoms with Gasteiger partial charge in [-0.25, -0.2) is 0 Å². The summed E-state index contributed by atoms with van der Waals surface area (Å²) in [4.78, 5) is 11.5. The molecule has 1 saturated heterocycles. The minimum Gasteiger partial charge on any atom is -0.489 e. The van der Waals surface area contributed by atoms with E-state index in [-0.39, 0.29) is 6.42 Å². The van der Waals surface area contributed by atoms with E-state index < -0.39 is 18.2 Å². The Balaban J connectivity index is 1.71. The molecule has 1 aliphatic heterocycles. The van der Waals surface area contributed by atoms with Crippen LogP contribution in [0.4, 0.5) is 0 Å². The van der Waals surface area contributed by atoms with Gasteiger partial charge in [-0.2, -0.15) is 0 Å². The molecule has 0 radical (unpaired) electrons. The van der Waals surface area contributed by atoms with Crippen molar-refractivity contribution in [1.29, 1.82) is 0 Å². The van der Waals surface area contributed by atoms with Crippen LogP contribution in [0.25, 0.3) is 12.2 Å². The Bertz CT molecular complexity index is 878. The van der Waals surface area contributed by atoms with Crippen LogP contribution in [-0.2, 0) is 9.53 Å². The second kappa shape index (κ2) is 9.78. The summed E-state index contributed by atoms with van der Waals surface area (Å²) < 4.78 is 11.1. The molecule has 0 bridgehead atoms. The predicted molar refractivity (Wildman–Crippen MR) is 112 cm³/mol. The van der Waals surface area contributed by atoms with Gasteiger partial charge in [-0.05, 0) is 29.8 Å². The van der Waals surface area contributed by atoms with Gasteiger partial charge in [0.2, 0.25) is 0 Å². The Hall–Kier alpha value is -2.27. The van der Waals surface area contributed by atoms with Crippen LogP contribution < -0.4 is 4.74 Å². The van der Waals surface area contributed by atoms with Crippen molar-refractivity contribution in [3.8, 4) is 5.75 Å². The SMILES string of the molecule is O=C1C[C@H](O)C[C@@H](/C=C/c2c(Cl)cc(Cl)cc2OC/C=C/c2ccccc2)O1. The van der Waals surface area contributed by atoms with E-state index in [1.807, 2.05) is 42.5 Å². The summed E-state index contributed by atoms with van der Waals surface area (Å²) in [6.45, 7) is 0.337. The highest BCUT2D eigenvalue weighted by atomic mass is 35.5. The lowest BCUT2D eigenvalue weighted by atomic mass is 10.0. The molecule has 0 aliphatic carbocycles. The zero-order valence-electron chi connectivity index (χ0n) is 15.1. The van der Waals surface area contributed by atoms with E-state index in [9.17, 15) is 9.90 Å². The quantitative estimate of drug-likeness (QED) is 0.657. The maximum absolute atomic E-state index is 11.5. The van der Waals surface area contributed by atoms with Crippen LogP contribution in [0.1, 0.15) is 24.0 Å². The molecular formula is C22H20Cl2O4. The molecule has 2 aromatic rings. The lowest BCUT2D eigenvalue weighted by Crippen LogP contribution is -2.31. The van der Waals surface area contributed by atoms with Crippen molar-refractivity contribution in [2.75, 3.05) is 6.61 Å². The number of ether oxygens (including phenoxy) is 2. The highest BCUT2D eigenvalue weighted by molar-refractivity contribution is 6.35. The Morgan fingerprint density at radius 1 is 1.18 bits per heavy atom. The molecule has 2 aromatic carbocycles. The molecule has 4 nitrogen and oxygen atoms in total. The molecule has 1 N–H and O–H groups in total. The molecule has 0 spiro atoms. The summed E-state index contributed by atoms with van der Waals surface area (Å²) in [6, 6.07) is 13.2. The molecule has 146 valence electrons. The molecule has 2 atom stereocenters. The van der Waals surface area contributed by atoms with Crippen molar-refractivity contribution in [1.82, 2.24) is 0 Å². The van der Waals surface area contributed by atoms with E-state index in [1.165, 1.54) is 0 Å². The van der Waals surface area contributed by atoms with Gasteiger partial charge >= 0.3 is 5.97 Å². The first-order valence-electron chi connectivity index (χ1n) is 8.90. The summed E-state index contributed by atoms with van der Waals surface area (Å²) in [5.74, 6) is 0.104. The van der Waals surface area contributed by atoms with Crippen LogP contribution >= 0.6 is 23.2 Å². The Morgan fingerprint density at radius 2 is 1.96 bits per heavy atom. The van der Waals surface area contributed by atoms with Crippen LogP contribution in [0.5, 0.6) is 5.75 Å². The highest BCUT2D eigenvalue weighted by Gasteiger charge is 2.25. The Labute approximate surface area is 174 Å². The first kappa shape index (κ1) is 20.5. The molecule has 3 rings (SSSR count). The van der Waals surface area contributed by atoms with E-state index in [0.29, 0.717) is 34.4 Å². The monoisotopic (exact) mass is 418 g/mol. The van der Waals surface area contributed by atoms with Crippen molar-refractivity contribution in [3.05, 3.63) is 75.8 Å². The van der Waals surface area contributed by atoms with Gasteiger partial charge in [0, 0.05) is 17.0 Å². The minimum atomic E-state index is -0.699. The number of hydrogen-bond donors (Lipinski definition) is 1. The summed E-state index contributed by atoms with van der Waals surface area (Å²) in [5.41, 5.74) is 1.71. The minimum absolute atomic E-state index is 0.0220. The second-order valence-corrected chi connectivity index (χ2v) is 7.25. The number of carbonyl (C=O) groups is 1. The van der Waals surface area contributed by atoms with Crippen molar-refractivity contribution < 1.29 is 19.4 Å². The van der Waals surface area contributed by atoms with E-state index in [1.54, 1.807) is 24.3 Å². The fraction of sp³-hybridized carbons (Fsp3) is 0.227. The van der Waals surface area contributed by atoms with Crippen molar-refractivity contribution in [2.24, 2.45) is 0 Å². The summed E-state index contributed by atoms with van der Waals surface area (Å²) in [5, 5.41) is 10.6. The maximum Gasteiger partial charge on any atom is 0.309 e. The largest absolute Gasteiger partial charge is 0.489 e. The first-order chi connectivity index (χ1) is 13.5. The number of benzene rings is 2. The second-order valence-electron chi connectivity index (χ2n) is 6.40. The number of carbonyl (C=O) groups excluding carboxylic acids is 1. The average molecular weight is 419 g/mol. The molecule has 1 heterocycles. The summed E-state index contributed by atoms with van der Waals surface area (Å²) in [6.07, 6.45) is 6.45. The summed E-state index contributed by atoms with van der Waals surface area (Å²) >= 11 is 12.4. The van der Waals surface area contributed by atoms with Gasteiger partial charge < -0.3 is 14.6 Å². The molecule has 0 saturated carbocycles. The molecule has 6 heteroatoms. The highest BCUT2D eigenvalue weighted by Crippen LogP contribution is 2.33. The molecule has 1 fully saturated rings. The van der Waals surface area contributed by atoms with Gasteiger partial charge in [0.05, 0.1) is 17.5 Å². The predicted octanol–water partition coefficient (Wildman–Crippen LogP) is 5.17. The van der Waals surface area contributed by atoms with Gasteiger partial charge in [0.15, 0.2) is 0 Å². The van der Waals surface area contributed by atoms with E-state index in [2.05, 4.69) is 0 Å². The number of rotatable bonds is 6. The van der Waals surface area contributed by atoms with Crippen LogP contribution in [0, 0.1) is 0 Å².